The average Bonchev–Trinajstić information content (AvgIpc) is 3.11. The summed E-state index contributed by atoms with van der Waals surface area (Å²) in [6.45, 7) is 4.08. The van der Waals surface area contributed by atoms with Gasteiger partial charge in [-0.3, -0.25) is 14.5 Å². The maximum absolute atomic E-state index is 14.1. The van der Waals surface area contributed by atoms with E-state index in [1.807, 2.05) is 6.92 Å². The van der Waals surface area contributed by atoms with Crippen LogP contribution in [0.5, 0.6) is 11.5 Å². The minimum atomic E-state index is -1.17. The van der Waals surface area contributed by atoms with E-state index < -0.39 is 35.1 Å². The highest BCUT2D eigenvalue weighted by molar-refractivity contribution is 6.51. The molecule has 1 aliphatic heterocycles. The molecule has 1 amide bonds. The first-order valence-corrected chi connectivity index (χ1v) is 10.9. The SMILES string of the molecule is CCOc1ccc(C2/C(=C(\O)c3cc(C)ccc3OC)C(=O)C(=O)N2c2ccc(F)c(F)c2)cc1. The minimum absolute atomic E-state index is 0.0276. The molecule has 3 aromatic carbocycles. The smallest absolute Gasteiger partial charge is 0.300 e. The second kappa shape index (κ2) is 9.58. The molecule has 1 heterocycles. The van der Waals surface area contributed by atoms with Gasteiger partial charge in [0.05, 0.1) is 30.9 Å². The first-order valence-electron chi connectivity index (χ1n) is 10.9. The van der Waals surface area contributed by atoms with Crippen molar-refractivity contribution in [3.8, 4) is 11.5 Å². The number of carbonyl (C=O) groups is 2. The second-order valence-corrected chi connectivity index (χ2v) is 7.97. The molecule has 1 unspecified atom stereocenters. The van der Waals surface area contributed by atoms with E-state index in [0.29, 0.717) is 23.7 Å². The van der Waals surface area contributed by atoms with E-state index in [4.69, 9.17) is 9.47 Å². The Morgan fingerprint density at radius 2 is 1.71 bits per heavy atom. The molecule has 4 rings (SSSR count). The highest BCUT2D eigenvalue weighted by Gasteiger charge is 2.47. The maximum atomic E-state index is 14.1. The van der Waals surface area contributed by atoms with Gasteiger partial charge in [0.15, 0.2) is 11.6 Å². The summed E-state index contributed by atoms with van der Waals surface area (Å²) in [5, 5.41) is 11.3. The molecular formula is C27H23F2NO5. The van der Waals surface area contributed by atoms with E-state index in [9.17, 15) is 23.5 Å². The molecule has 1 fully saturated rings. The van der Waals surface area contributed by atoms with Crippen LogP contribution in [0.25, 0.3) is 5.76 Å². The molecule has 1 N–H and O–H groups in total. The van der Waals surface area contributed by atoms with Gasteiger partial charge in [0.1, 0.15) is 17.3 Å². The van der Waals surface area contributed by atoms with Gasteiger partial charge in [0.25, 0.3) is 11.7 Å². The number of Topliss-reactive ketones (excluding diaryl/α,β-unsaturated/α-hetero) is 1. The number of aryl methyl sites for hydroxylation is 1. The fraction of sp³-hybridized carbons (Fsp3) is 0.185. The van der Waals surface area contributed by atoms with Crippen molar-refractivity contribution in [2.45, 2.75) is 19.9 Å². The third kappa shape index (κ3) is 4.35. The lowest BCUT2D eigenvalue weighted by atomic mass is 9.94. The molecule has 180 valence electrons. The van der Waals surface area contributed by atoms with Crippen molar-refractivity contribution in [2.75, 3.05) is 18.6 Å². The second-order valence-electron chi connectivity index (χ2n) is 7.97. The quantitative estimate of drug-likeness (QED) is 0.295. The van der Waals surface area contributed by atoms with Crippen molar-refractivity contribution in [1.82, 2.24) is 0 Å². The number of benzene rings is 3. The van der Waals surface area contributed by atoms with Gasteiger partial charge in [-0.05, 0) is 55.8 Å². The molecule has 1 saturated heterocycles. The van der Waals surface area contributed by atoms with E-state index in [2.05, 4.69) is 0 Å². The van der Waals surface area contributed by atoms with Gasteiger partial charge in [0.2, 0.25) is 0 Å². The van der Waals surface area contributed by atoms with E-state index in [1.54, 1.807) is 49.4 Å². The van der Waals surface area contributed by atoms with E-state index >= 15 is 0 Å². The van der Waals surface area contributed by atoms with Crippen LogP contribution in [-0.2, 0) is 9.59 Å². The Balaban J connectivity index is 1.96. The molecule has 35 heavy (non-hydrogen) atoms. The number of hydrogen-bond acceptors (Lipinski definition) is 5. The highest BCUT2D eigenvalue weighted by atomic mass is 19.2. The molecule has 1 aliphatic rings. The lowest BCUT2D eigenvalue weighted by molar-refractivity contribution is -0.132. The molecular weight excluding hydrogens is 456 g/mol. The summed E-state index contributed by atoms with van der Waals surface area (Å²) in [6.07, 6.45) is 0. The third-order valence-electron chi connectivity index (χ3n) is 5.74. The number of ether oxygens (including phenoxy) is 2. The molecule has 3 aromatic rings. The summed E-state index contributed by atoms with van der Waals surface area (Å²) in [4.78, 5) is 27.5. The molecule has 0 aliphatic carbocycles. The monoisotopic (exact) mass is 479 g/mol. The lowest BCUT2D eigenvalue weighted by Crippen LogP contribution is -2.29. The molecule has 1 atom stereocenters. The zero-order chi connectivity index (χ0) is 25.3. The number of rotatable bonds is 6. The third-order valence-corrected chi connectivity index (χ3v) is 5.74. The van der Waals surface area contributed by atoms with Gasteiger partial charge >= 0.3 is 0 Å². The molecule has 0 bridgehead atoms. The van der Waals surface area contributed by atoms with Gasteiger partial charge in [-0.25, -0.2) is 8.78 Å². The number of hydrogen-bond donors (Lipinski definition) is 1. The first kappa shape index (κ1) is 23.9. The zero-order valence-corrected chi connectivity index (χ0v) is 19.3. The number of methoxy groups -OCH3 is 1. The normalized spacial score (nSPS) is 17.1. The van der Waals surface area contributed by atoms with Crippen LogP contribution in [-0.4, -0.2) is 30.5 Å². The standard InChI is InChI=1S/C27H23F2NO5/c1-4-35-18-9-6-16(7-10-18)24-23(25(31)19-13-15(2)5-12-22(19)34-3)26(32)27(33)30(24)17-8-11-20(28)21(29)14-17/h5-14,24,31H,4H2,1-3H3/b25-23+. The molecule has 0 saturated carbocycles. The van der Waals surface area contributed by atoms with Crippen molar-refractivity contribution < 1.29 is 33.0 Å². The van der Waals surface area contributed by atoms with E-state index in [-0.39, 0.29) is 16.8 Å². The summed E-state index contributed by atoms with van der Waals surface area (Å²) in [7, 11) is 1.42. The molecule has 8 heteroatoms. The zero-order valence-electron chi connectivity index (χ0n) is 19.3. The number of halogens is 2. The number of aliphatic hydroxyl groups is 1. The van der Waals surface area contributed by atoms with Crippen LogP contribution in [0.1, 0.15) is 29.7 Å². The van der Waals surface area contributed by atoms with Gasteiger partial charge in [0, 0.05) is 11.8 Å². The van der Waals surface area contributed by atoms with Crippen molar-refractivity contribution in [1.29, 1.82) is 0 Å². The lowest BCUT2D eigenvalue weighted by Gasteiger charge is -2.26. The summed E-state index contributed by atoms with van der Waals surface area (Å²) in [5.41, 5.74) is 1.25. The number of carbonyl (C=O) groups excluding carboxylic acids is 2. The van der Waals surface area contributed by atoms with Crippen molar-refractivity contribution in [3.05, 3.63) is 94.6 Å². The highest BCUT2D eigenvalue weighted by Crippen LogP contribution is 2.43. The fourth-order valence-corrected chi connectivity index (χ4v) is 4.11. The maximum Gasteiger partial charge on any atom is 0.300 e. The Labute approximate surface area is 201 Å². The van der Waals surface area contributed by atoms with E-state index in [1.165, 1.54) is 13.2 Å². The first-order chi connectivity index (χ1) is 16.8. The summed E-state index contributed by atoms with van der Waals surface area (Å²) in [5.74, 6) is -3.77. The Morgan fingerprint density at radius 1 is 1.00 bits per heavy atom. The Morgan fingerprint density at radius 3 is 2.34 bits per heavy atom. The van der Waals surface area contributed by atoms with Crippen LogP contribution in [0.4, 0.5) is 14.5 Å². The molecule has 0 aromatic heterocycles. The van der Waals surface area contributed by atoms with Crippen molar-refractivity contribution in [3.63, 3.8) is 0 Å². The number of ketones is 1. The van der Waals surface area contributed by atoms with Crippen LogP contribution >= 0.6 is 0 Å². The van der Waals surface area contributed by atoms with Crippen molar-refractivity contribution >= 4 is 23.1 Å². The Bertz CT molecular complexity index is 1330. The minimum Gasteiger partial charge on any atom is -0.507 e. The number of aliphatic hydroxyl groups excluding tert-OH is 1. The largest absolute Gasteiger partial charge is 0.507 e. The predicted octanol–water partition coefficient (Wildman–Crippen LogP) is 5.31. The number of anilines is 1. The van der Waals surface area contributed by atoms with Gasteiger partial charge < -0.3 is 14.6 Å². The van der Waals surface area contributed by atoms with E-state index in [0.717, 1.165) is 22.6 Å². The predicted molar refractivity (Wildman–Crippen MR) is 126 cm³/mol. The average molecular weight is 479 g/mol. The Hall–Kier alpha value is -4.20. The van der Waals surface area contributed by atoms with Crippen LogP contribution < -0.4 is 14.4 Å². The van der Waals surface area contributed by atoms with Gasteiger partial charge in [-0.15, -0.1) is 0 Å². The Kier molecular flexibility index (Phi) is 6.55. The number of nitrogens with zero attached hydrogens (tertiary/aromatic N) is 1. The number of amides is 1. The summed E-state index contributed by atoms with van der Waals surface area (Å²) < 4.78 is 38.5. The van der Waals surface area contributed by atoms with Crippen LogP contribution in [0, 0.1) is 18.6 Å². The summed E-state index contributed by atoms with van der Waals surface area (Å²) in [6, 6.07) is 13.5. The molecule has 6 nitrogen and oxygen atoms in total. The van der Waals surface area contributed by atoms with Crippen LogP contribution in [0.3, 0.4) is 0 Å². The topological polar surface area (TPSA) is 76.1 Å². The fourth-order valence-electron chi connectivity index (χ4n) is 4.11. The summed E-state index contributed by atoms with van der Waals surface area (Å²) >= 11 is 0. The van der Waals surface area contributed by atoms with Gasteiger partial charge in [-0.2, -0.15) is 0 Å². The molecule has 0 radical (unpaired) electrons. The molecule has 0 spiro atoms. The van der Waals surface area contributed by atoms with Crippen LogP contribution in [0.2, 0.25) is 0 Å². The van der Waals surface area contributed by atoms with Crippen molar-refractivity contribution in [2.24, 2.45) is 0 Å². The van der Waals surface area contributed by atoms with Gasteiger partial charge in [-0.1, -0.05) is 23.8 Å². The van der Waals surface area contributed by atoms with Crippen LogP contribution in [0.15, 0.2) is 66.2 Å².